The van der Waals surface area contributed by atoms with Gasteiger partial charge in [-0.05, 0) is 33.1 Å². The van der Waals surface area contributed by atoms with Crippen molar-refractivity contribution in [1.82, 2.24) is 5.32 Å². The van der Waals surface area contributed by atoms with Gasteiger partial charge < -0.3 is 15.2 Å². The molecule has 1 amide bonds. The van der Waals surface area contributed by atoms with Gasteiger partial charge in [0.25, 0.3) is 0 Å². The first kappa shape index (κ1) is 14.0. The predicted octanol–water partition coefficient (Wildman–Crippen LogP) is 1.17. The summed E-state index contributed by atoms with van der Waals surface area (Å²) in [5.41, 5.74) is -0.676. The van der Waals surface area contributed by atoms with Gasteiger partial charge in [0.15, 0.2) is 0 Å². The standard InChI is InChI=1S/C12H21NO4/c1-9(2)17-7-3-4-10(14)13-8-12(5-6-12)11(15)16/h9H,3-8H2,1-2H3,(H,13,14)(H,15,16). The number of carbonyl (C=O) groups excluding carboxylic acids is 1. The highest BCUT2D eigenvalue weighted by Crippen LogP contribution is 2.45. The number of rotatable bonds is 8. The Bertz CT molecular complexity index is 284. The third-order valence-corrected chi connectivity index (χ3v) is 2.93. The van der Waals surface area contributed by atoms with Crippen molar-refractivity contribution in [3.05, 3.63) is 0 Å². The zero-order valence-electron chi connectivity index (χ0n) is 10.5. The minimum absolute atomic E-state index is 0.0927. The van der Waals surface area contributed by atoms with E-state index in [1.54, 1.807) is 0 Å². The van der Waals surface area contributed by atoms with Crippen molar-refractivity contribution in [3.63, 3.8) is 0 Å². The van der Waals surface area contributed by atoms with Crippen LogP contribution in [0.25, 0.3) is 0 Å². The molecule has 0 atom stereocenters. The van der Waals surface area contributed by atoms with E-state index in [2.05, 4.69) is 5.32 Å². The Kier molecular flexibility index (Phi) is 4.93. The maximum absolute atomic E-state index is 11.4. The summed E-state index contributed by atoms with van der Waals surface area (Å²) in [6, 6.07) is 0. The minimum Gasteiger partial charge on any atom is -0.481 e. The first-order chi connectivity index (χ1) is 7.96. The molecule has 0 aliphatic heterocycles. The van der Waals surface area contributed by atoms with Crippen LogP contribution < -0.4 is 5.32 Å². The Morgan fingerprint density at radius 2 is 2.06 bits per heavy atom. The highest BCUT2D eigenvalue weighted by molar-refractivity contribution is 5.80. The number of hydrogen-bond donors (Lipinski definition) is 2. The van der Waals surface area contributed by atoms with Crippen molar-refractivity contribution >= 4 is 11.9 Å². The summed E-state index contributed by atoms with van der Waals surface area (Å²) in [4.78, 5) is 22.3. The number of nitrogens with one attached hydrogen (secondary N) is 1. The number of carboxylic acids is 1. The van der Waals surface area contributed by atoms with Crippen LogP contribution in [-0.4, -0.2) is 36.2 Å². The van der Waals surface area contributed by atoms with E-state index in [4.69, 9.17) is 9.84 Å². The van der Waals surface area contributed by atoms with Crippen LogP contribution >= 0.6 is 0 Å². The molecule has 0 heterocycles. The Morgan fingerprint density at radius 3 is 2.53 bits per heavy atom. The maximum Gasteiger partial charge on any atom is 0.311 e. The van der Waals surface area contributed by atoms with Crippen LogP contribution in [-0.2, 0) is 14.3 Å². The van der Waals surface area contributed by atoms with Gasteiger partial charge in [0.1, 0.15) is 0 Å². The third kappa shape index (κ3) is 4.73. The van der Waals surface area contributed by atoms with Gasteiger partial charge >= 0.3 is 5.97 Å². The Labute approximate surface area is 102 Å². The van der Waals surface area contributed by atoms with Gasteiger partial charge in [-0.25, -0.2) is 0 Å². The fourth-order valence-electron chi connectivity index (χ4n) is 1.53. The molecule has 1 rings (SSSR count). The van der Waals surface area contributed by atoms with Crippen molar-refractivity contribution in [2.24, 2.45) is 5.41 Å². The summed E-state index contributed by atoms with van der Waals surface area (Å²) in [5, 5.41) is 11.6. The molecular formula is C12H21NO4. The highest BCUT2D eigenvalue weighted by atomic mass is 16.5. The van der Waals surface area contributed by atoms with E-state index in [0.717, 1.165) is 0 Å². The summed E-state index contributed by atoms with van der Waals surface area (Å²) in [6.07, 6.45) is 2.57. The van der Waals surface area contributed by atoms with Crippen LogP contribution in [0.4, 0.5) is 0 Å². The number of carboxylic acid groups (broad SMARTS) is 1. The Hall–Kier alpha value is -1.10. The van der Waals surface area contributed by atoms with Crippen molar-refractivity contribution in [2.45, 2.75) is 45.6 Å². The lowest BCUT2D eigenvalue weighted by Crippen LogP contribution is -2.34. The molecule has 0 aromatic heterocycles. The summed E-state index contributed by atoms with van der Waals surface area (Å²) in [6.45, 7) is 4.72. The average Bonchev–Trinajstić information content (AvgIpc) is 3.02. The molecule has 0 aromatic rings. The van der Waals surface area contributed by atoms with Gasteiger partial charge in [-0.2, -0.15) is 0 Å². The molecule has 1 aliphatic rings. The molecule has 0 spiro atoms. The van der Waals surface area contributed by atoms with Gasteiger partial charge in [-0.1, -0.05) is 0 Å². The second-order valence-corrected chi connectivity index (χ2v) is 4.89. The lowest BCUT2D eigenvalue weighted by molar-refractivity contribution is -0.143. The molecule has 0 saturated heterocycles. The van der Waals surface area contributed by atoms with Crippen LogP contribution in [0.1, 0.15) is 39.5 Å². The Balaban J connectivity index is 2.08. The highest BCUT2D eigenvalue weighted by Gasteiger charge is 2.50. The van der Waals surface area contributed by atoms with Crippen molar-refractivity contribution in [1.29, 1.82) is 0 Å². The summed E-state index contributed by atoms with van der Waals surface area (Å²) < 4.78 is 5.31. The quantitative estimate of drug-likeness (QED) is 0.627. The number of ether oxygens (including phenoxy) is 1. The molecule has 2 N–H and O–H groups in total. The molecule has 0 radical (unpaired) electrons. The fourth-order valence-corrected chi connectivity index (χ4v) is 1.53. The fraction of sp³-hybridized carbons (Fsp3) is 0.833. The molecule has 0 unspecified atom stereocenters. The third-order valence-electron chi connectivity index (χ3n) is 2.93. The molecule has 5 nitrogen and oxygen atoms in total. The second kappa shape index (κ2) is 6.00. The topological polar surface area (TPSA) is 75.6 Å². The number of amides is 1. The van der Waals surface area contributed by atoms with Crippen molar-refractivity contribution in [3.8, 4) is 0 Å². The van der Waals surface area contributed by atoms with E-state index >= 15 is 0 Å². The van der Waals surface area contributed by atoms with E-state index in [9.17, 15) is 9.59 Å². The lowest BCUT2D eigenvalue weighted by atomic mass is 10.1. The van der Waals surface area contributed by atoms with E-state index in [1.165, 1.54) is 0 Å². The van der Waals surface area contributed by atoms with Gasteiger partial charge in [-0.15, -0.1) is 0 Å². The zero-order valence-corrected chi connectivity index (χ0v) is 10.5. The number of hydrogen-bond acceptors (Lipinski definition) is 3. The second-order valence-electron chi connectivity index (χ2n) is 4.89. The molecule has 1 aliphatic carbocycles. The molecule has 0 aromatic carbocycles. The summed E-state index contributed by atoms with van der Waals surface area (Å²) in [7, 11) is 0. The molecule has 17 heavy (non-hydrogen) atoms. The summed E-state index contributed by atoms with van der Waals surface area (Å²) >= 11 is 0. The van der Waals surface area contributed by atoms with Crippen LogP contribution in [0.5, 0.6) is 0 Å². The monoisotopic (exact) mass is 243 g/mol. The van der Waals surface area contributed by atoms with Gasteiger partial charge in [0, 0.05) is 19.6 Å². The number of carbonyl (C=O) groups is 2. The maximum atomic E-state index is 11.4. The molecule has 98 valence electrons. The SMILES string of the molecule is CC(C)OCCCC(=O)NCC1(C(=O)O)CC1. The van der Waals surface area contributed by atoms with E-state index in [-0.39, 0.29) is 18.6 Å². The largest absolute Gasteiger partial charge is 0.481 e. The average molecular weight is 243 g/mol. The van der Waals surface area contributed by atoms with Crippen LogP contribution in [0.15, 0.2) is 0 Å². The number of aliphatic carboxylic acids is 1. The van der Waals surface area contributed by atoms with Crippen molar-refractivity contribution < 1.29 is 19.4 Å². The molecule has 0 bridgehead atoms. The van der Waals surface area contributed by atoms with Crippen LogP contribution in [0.3, 0.4) is 0 Å². The van der Waals surface area contributed by atoms with E-state index in [1.807, 2.05) is 13.8 Å². The van der Waals surface area contributed by atoms with Gasteiger partial charge in [0.2, 0.25) is 5.91 Å². The van der Waals surface area contributed by atoms with E-state index in [0.29, 0.717) is 32.3 Å². The van der Waals surface area contributed by atoms with E-state index < -0.39 is 11.4 Å². The van der Waals surface area contributed by atoms with Crippen molar-refractivity contribution in [2.75, 3.05) is 13.2 Å². The Morgan fingerprint density at radius 1 is 1.41 bits per heavy atom. The predicted molar refractivity (Wildman–Crippen MR) is 62.6 cm³/mol. The first-order valence-corrected chi connectivity index (χ1v) is 6.08. The van der Waals surface area contributed by atoms with Gasteiger partial charge in [-0.3, -0.25) is 9.59 Å². The lowest BCUT2D eigenvalue weighted by Gasteiger charge is -2.11. The van der Waals surface area contributed by atoms with Crippen LogP contribution in [0, 0.1) is 5.41 Å². The molecule has 1 fully saturated rings. The molecule has 1 saturated carbocycles. The molecule has 5 heteroatoms. The van der Waals surface area contributed by atoms with Crippen LogP contribution in [0.2, 0.25) is 0 Å². The summed E-state index contributed by atoms with van der Waals surface area (Å²) in [5.74, 6) is -0.897. The normalized spacial score (nSPS) is 16.9. The zero-order chi connectivity index (χ0) is 12.9. The first-order valence-electron chi connectivity index (χ1n) is 6.08. The van der Waals surface area contributed by atoms with Gasteiger partial charge in [0.05, 0.1) is 11.5 Å². The minimum atomic E-state index is -0.805. The molecular weight excluding hydrogens is 222 g/mol. The smallest absolute Gasteiger partial charge is 0.311 e.